The first-order valence-electron chi connectivity index (χ1n) is 5.92. The summed E-state index contributed by atoms with van der Waals surface area (Å²) in [7, 11) is 0. The van der Waals surface area contributed by atoms with Crippen LogP contribution in [0.2, 0.25) is 10.0 Å². The highest BCUT2D eigenvalue weighted by Gasteiger charge is 2.15. The van der Waals surface area contributed by atoms with Gasteiger partial charge in [-0.25, -0.2) is 0 Å². The minimum atomic E-state index is -0.0512. The molecule has 1 heterocycles. The van der Waals surface area contributed by atoms with Gasteiger partial charge < -0.3 is 0 Å². The Morgan fingerprint density at radius 2 is 2.11 bits per heavy atom. The second kappa shape index (κ2) is 6.35. The van der Waals surface area contributed by atoms with E-state index in [4.69, 9.17) is 29.0 Å². The molecular weight excluding hydrogens is 281 g/mol. The van der Waals surface area contributed by atoms with Crippen LogP contribution in [-0.2, 0) is 6.42 Å². The van der Waals surface area contributed by atoms with Crippen LogP contribution in [0.25, 0.3) is 0 Å². The second-order valence-electron chi connectivity index (χ2n) is 4.39. The topological polar surface area (TPSA) is 50.9 Å². The number of benzene rings is 1. The first-order valence-corrected chi connectivity index (χ1v) is 6.68. The van der Waals surface area contributed by atoms with Crippen molar-refractivity contribution in [3.05, 3.63) is 63.4 Å². The van der Waals surface area contributed by atoms with Gasteiger partial charge in [0.05, 0.1) is 6.04 Å². The van der Waals surface area contributed by atoms with Crippen molar-refractivity contribution in [3.63, 3.8) is 0 Å². The Morgan fingerprint density at radius 3 is 2.79 bits per heavy atom. The number of nitrogens with two attached hydrogens (primary N) is 1. The summed E-state index contributed by atoms with van der Waals surface area (Å²) in [6.07, 6.45) is 4.24. The molecule has 100 valence electrons. The average Bonchev–Trinajstić information content (AvgIpc) is 2.41. The fraction of sp³-hybridized carbons (Fsp3) is 0.214. The molecule has 3 N–H and O–H groups in total. The minimum absolute atomic E-state index is 0.0512. The number of hydrogen-bond acceptors (Lipinski definition) is 3. The van der Waals surface area contributed by atoms with Crippen molar-refractivity contribution in [2.75, 3.05) is 0 Å². The summed E-state index contributed by atoms with van der Waals surface area (Å²) in [4.78, 5) is 4.14. The van der Waals surface area contributed by atoms with Gasteiger partial charge in [-0.05, 0) is 54.3 Å². The molecule has 1 aromatic heterocycles. The molecule has 0 aliphatic heterocycles. The van der Waals surface area contributed by atoms with E-state index in [1.165, 1.54) is 0 Å². The first-order chi connectivity index (χ1) is 9.11. The number of aromatic nitrogens is 1. The highest BCUT2D eigenvalue weighted by Crippen LogP contribution is 2.26. The van der Waals surface area contributed by atoms with Crippen molar-refractivity contribution in [3.8, 4) is 0 Å². The van der Waals surface area contributed by atoms with Gasteiger partial charge in [0, 0.05) is 22.4 Å². The highest BCUT2D eigenvalue weighted by atomic mass is 35.5. The largest absolute Gasteiger partial charge is 0.271 e. The Balaban J connectivity index is 2.29. The lowest BCUT2D eigenvalue weighted by atomic mass is 9.97. The number of nitrogens with one attached hydrogen (secondary N) is 1. The van der Waals surface area contributed by atoms with Crippen molar-refractivity contribution in [1.82, 2.24) is 10.4 Å². The number of hydrogen-bond donors (Lipinski definition) is 2. The minimum Gasteiger partial charge on any atom is -0.271 e. The average molecular weight is 296 g/mol. The number of rotatable bonds is 4. The standard InChI is InChI=1S/C14H15Cl2N3/c1-9-4-5-18-8-12(9)14(19-17)7-10-6-11(15)2-3-13(10)16/h2-6,8,14,19H,7,17H2,1H3. The van der Waals surface area contributed by atoms with E-state index in [2.05, 4.69) is 10.4 Å². The fourth-order valence-electron chi connectivity index (χ4n) is 2.02. The Morgan fingerprint density at radius 1 is 1.32 bits per heavy atom. The van der Waals surface area contributed by atoms with E-state index in [0.717, 1.165) is 16.7 Å². The molecule has 0 amide bonds. The number of halogens is 2. The Labute approximate surface area is 122 Å². The molecular formula is C14H15Cl2N3. The van der Waals surface area contributed by atoms with Crippen molar-refractivity contribution in [2.24, 2.45) is 5.84 Å². The molecule has 0 aliphatic carbocycles. The maximum Gasteiger partial charge on any atom is 0.0518 e. The molecule has 0 saturated carbocycles. The van der Waals surface area contributed by atoms with Crippen LogP contribution in [-0.4, -0.2) is 4.98 Å². The molecule has 0 fully saturated rings. The lowest BCUT2D eigenvalue weighted by Crippen LogP contribution is -2.30. The maximum atomic E-state index is 6.18. The molecule has 0 radical (unpaired) electrons. The van der Waals surface area contributed by atoms with Gasteiger partial charge in [-0.2, -0.15) is 0 Å². The third-order valence-electron chi connectivity index (χ3n) is 3.09. The van der Waals surface area contributed by atoms with E-state index in [9.17, 15) is 0 Å². The van der Waals surface area contributed by atoms with E-state index >= 15 is 0 Å². The van der Waals surface area contributed by atoms with Crippen LogP contribution in [0.5, 0.6) is 0 Å². The molecule has 1 atom stereocenters. The zero-order chi connectivity index (χ0) is 13.8. The Kier molecular flexibility index (Phi) is 4.77. The summed E-state index contributed by atoms with van der Waals surface area (Å²) in [5.41, 5.74) is 5.96. The summed E-state index contributed by atoms with van der Waals surface area (Å²) in [6.45, 7) is 2.03. The van der Waals surface area contributed by atoms with E-state index < -0.39 is 0 Å². The number of nitrogens with zero attached hydrogens (tertiary/aromatic N) is 1. The van der Waals surface area contributed by atoms with Gasteiger partial charge in [-0.3, -0.25) is 16.3 Å². The number of pyridine rings is 1. The van der Waals surface area contributed by atoms with Gasteiger partial charge in [0.1, 0.15) is 0 Å². The third-order valence-corrected chi connectivity index (χ3v) is 3.69. The van der Waals surface area contributed by atoms with Crippen molar-refractivity contribution in [1.29, 1.82) is 0 Å². The first kappa shape index (κ1) is 14.3. The summed E-state index contributed by atoms with van der Waals surface area (Å²) < 4.78 is 0. The SMILES string of the molecule is Cc1ccncc1C(Cc1cc(Cl)ccc1Cl)NN. The van der Waals surface area contributed by atoms with Crippen molar-refractivity contribution >= 4 is 23.2 Å². The molecule has 0 aliphatic rings. The summed E-state index contributed by atoms with van der Waals surface area (Å²) in [5.74, 6) is 5.66. The maximum absolute atomic E-state index is 6.18. The van der Waals surface area contributed by atoms with Crippen LogP contribution in [0, 0.1) is 6.92 Å². The van der Waals surface area contributed by atoms with Crippen molar-refractivity contribution in [2.45, 2.75) is 19.4 Å². The fourth-order valence-corrected chi connectivity index (χ4v) is 2.41. The van der Waals surface area contributed by atoms with Gasteiger partial charge in [-0.15, -0.1) is 0 Å². The molecule has 19 heavy (non-hydrogen) atoms. The zero-order valence-electron chi connectivity index (χ0n) is 10.5. The van der Waals surface area contributed by atoms with Gasteiger partial charge in [-0.1, -0.05) is 23.2 Å². The van der Waals surface area contributed by atoms with Crippen LogP contribution < -0.4 is 11.3 Å². The second-order valence-corrected chi connectivity index (χ2v) is 5.24. The monoisotopic (exact) mass is 295 g/mol. The highest BCUT2D eigenvalue weighted by molar-refractivity contribution is 6.33. The molecule has 1 aromatic carbocycles. The van der Waals surface area contributed by atoms with Gasteiger partial charge in [0.15, 0.2) is 0 Å². The molecule has 0 saturated heterocycles. The summed E-state index contributed by atoms with van der Waals surface area (Å²) >= 11 is 12.2. The van der Waals surface area contributed by atoms with Gasteiger partial charge in [0.25, 0.3) is 0 Å². The van der Waals surface area contributed by atoms with Crippen LogP contribution in [0.4, 0.5) is 0 Å². The molecule has 0 bridgehead atoms. The number of aryl methyl sites for hydroxylation is 1. The normalized spacial score (nSPS) is 12.4. The third kappa shape index (κ3) is 3.45. The predicted octanol–water partition coefficient (Wildman–Crippen LogP) is 3.44. The lowest BCUT2D eigenvalue weighted by molar-refractivity contribution is 0.547. The smallest absolute Gasteiger partial charge is 0.0518 e. The van der Waals surface area contributed by atoms with Gasteiger partial charge in [0.2, 0.25) is 0 Å². The Hall–Kier alpha value is -1.13. The van der Waals surface area contributed by atoms with E-state index in [0.29, 0.717) is 16.5 Å². The predicted molar refractivity (Wildman–Crippen MR) is 79.2 cm³/mol. The van der Waals surface area contributed by atoms with Crippen LogP contribution >= 0.6 is 23.2 Å². The summed E-state index contributed by atoms with van der Waals surface area (Å²) in [6, 6.07) is 7.33. The zero-order valence-corrected chi connectivity index (χ0v) is 12.0. The molecule has 1 unspecified atom stereocenters. The molecule has 2 aromatic rings. The van der Waals surface area contributed by atoms with Crippen LogP contribution in [0.1, 0.15) is 22.7 Å². The molecule has 0 spiro atoms. The van der Waals surface area contributed by atoms with Crippen molar-refractivity contribution < 1.29 is 0 Å². The number of hydrazine groups is 1. The molecule has 5 heteroatoms. The van der Waals surface area contributed by atoms with Crippen LogP contribution in [0.3, 0.4) is 0 Å². The summed E-state index contributed by atoms with van der Waals surface area (Å²) in [5, 5.41) is 1.35. The van der Waals surface area contributed by atoms with Crippen LogP contribution in [0.15, 0.2) is 36.7 Å². The van der Waals surface area contributed by atoms with E-state index in [-0.39, 0.29) is 6.04 Å². The van der Waals surface area contributed by atoms with Gasteiger partial charge >= 0.3 is 0 Å². The molecule has 2 rings (SSSR count). The van der Waals surface area contributed by atoms with E-state index in [1.54, 1.807) is 18.3 Å². The molecule has 3 nitrogen and oxygen atoms in total. The lowest BCUT2D eigenvalue weighted by Gasteiger charge is -2.18. The quantitative estimate of drug-likeness (QED) is 0.671. The Bertz CT molecular complexity index is 572. The van der Waals surface area contributed by atoms with E-state index in [1.807, 2.05) is 25.3 Å².